The van der Waals surface area contributed by atoms with Crippen molar-refractivity contribution in [2.24, 2.45) is 0 Å². The van der Waals surface area contributed by atoms with Gasteiger partial charge in [0.2, 0.25) is 15.9 Å². The molecule has 1 amide bonds. The lowest BCUT2D eigenvalue weighted by molar-refractivity contribution is -0.117. The Morgan fingerprint density at radius 3 is 2.38 bits per heavy atom. The van der Waals surface area contributed by atoms with Gasteiger partial charge in [0.05, 0.1) is 18.6 Å². The molecule has 0 fully saturated rings. The third-order valence-electron chi connectivity index (χ3n) is 5.51. The Morgan fingerprint density at radius 1 is 0.973 bits per heavy atom. The molecule has 0 aliphatic rings. The maximum Gasteiger partial charge on any atom is 0.348 e. The predicted octanol–water partition coefficient (Wildman–Crippen LogP) is 4.61. The van der Waals surface area contributed by atoms with Crippen LogP contribution >= 0.6 is 11.3 Å². The average Bonchev–Trinajstić information content (AvgIpc) is 3.32. The van der Waals surface area contributed by atoms with E-state index in [1.165, 1.54) is 30.6 Å². The van der Waals surface area contributed by atoms with Crippen LogP contribution in [0.2, 0.25) is 0 Å². The lowest BCUT2D eigenvalue weighted by Crippen LogP contribution is -2.45. The van der Waals surface area contributed by atoms with Crippen LogP contribution < -0.4 is 14.8 Å². The first kappa shape index (κ1) is 26.3. The number of benzene rings is 3. The molecule has 0 radical (unpaired) electrons. The fourth-order valence-corrected chi connectivity index (χ4v) is 5.88. The Labute approximate surface area is 219 Å². The largest absolute Gasteiger partial charge is 0.494 e. The van der Waals surface area contributed by atoms with Crippen LogP contribution in [0.1, 0.15) is 22.2 Å². The molecule has 1 atom stereocenters. The molecule has 10 heteroatoms. The first-order chi connectivity index (χ1) is 17.8. The zero-order chi connectivity index (χ0) is 26.4. The lowest BCUT2D eigenvalue weighted by atomic mass is 10.1. The minimum atomic E-state index is -4.01. The zero-order valence-electron chi connectivity index (χ0n) is 20.3. The summed E-state index contributed by atoms with van der Waals surface area (Å²) in [6.07, 6.45) is 0.149. The highest BCUT2D eigenvalue weighted by molar-refractivity contribution is 7.89. The Kier molecular flexibility index (Phi) is 8.22. The van der Waals surface area contributed by atoms with E-state index in [2.05, 4.69) is 10.0 Å². The van der Waals surface area contributed by atoms with E-state index in [0.29, 0.717) is 22.9 Å². The molecule has 4 aromatic rings. The number of amides is 1. The predicted molar refractivity (Wildman–Crippen MR) is 144 cm³/mol. The molecule has 0 bridgehead atoms. The number of hydrogen-bond acceptors (Lipinski definition) is 7. The summed E-state index contributed by atoms with van der Waals surface area (Å²) in [5.41, 5.74) is 1.28. The van der Waals surface area contributed by atoms with E-state index in [0.717, 1.165) is 15.6 Å². The highest BCUT2D eigenvalue weighted by Gasteiger charge is 2.26. The van der Waals surface area contributed by atoms with Crippen LogP contribution in [0.25, 0.3) is 10.1 Å². The quantitative estimate of drug-likeness (QED) is 0.285. The Hall–Kier alpha value is -3.73. The fraction of sp³-hybridized carbons (Fsp3) is 0.185. The van der Waals surface area contributed by atoms with Crippen molar-refractivity contribution >= 4 is 49.0 Å². The first-order valence-corrected chi connectivity index (χ1v) is 13.8. The maximum absolute atomic E-state index is 13.3. The van der Waals surface area contributed by atoms with Gasteiger partial charge in [-0.15, -0.1) is 11.3 Å². The summed E-state index contributed by atoms with van der Waals surface area (Å²) in [6.45, 7) is 2.30. The Morgan fingerprint density at radius 2 is 1.70 bits per heavy atom. The zero-order valence-corrected chi connectivity index (χ0v) is 21.9. The van der Waals surface area contributed by atoms with Crippen LogP contribution in [0.4, 0.5) is 5.69 Å². The maximum atomic E-state index is 13.3. The number of anilines is 1. The smallest absolute Gasteiger partial charge is 0.348 e. The number of sulfonamides is 1. The van der Waals surface area contributed by atoms with Gasteiger partial charge in [-0.1, -0.05) is 30.3 Å². The summed E-state index contributed by atoms with van der Waals surface area (Å²) < 4.78 is 39.9. The standard InChI is InChI=1S/C27H26N2O6S2/c1-3-35-21-10-12-22(13-11-21)37(32,33)29-23(15-18-7-5-4-6-8-18)26(30)28-20-9-14-24-19(16-20)17-25(36-24)27(31)34-2/h4-14,16-17,23,29H,3,15H2,1-2H3,(H,28,30). The van der Waals surface area contributed by atoms with Gasteiger partial charge in [0.15, 0.2) is 0 Å². The average molecular weight is 539 g/mol. The van der Waals surface area contributed by atoms with Crippen molar-refractivity contribution in [2.75, 3.05) is 19.0 Å². The van der Waals surface area contributed by atoms with E-state index in [-0.39, 0.29) is 11.3 Å². The number of esters is 1. The van der Waals surface area contributed by atoms with Gasteiger partial charge in [-0.3, -0.25) is 4.79 Å². The molecule has 3 aromatic carbocycles. The van der Waals surface area contributed by atoms with Crippen LogP contribution in [-0.2, 0) is 26.0 Å². The van der Waals surface area contributed by atoms with Crippen molar-refractivity contribution in [2.45, 2.75) is 24.3 Å². The minimum Gasteiger partial charge on any atom is -0.494 e. The molecule has 2 N–H and O–H groups in total. The van der Waals surface area contributed by atoms with Gasteiger partial charge < -0.3 is 14.8 Å². The molecule has 1 aromatic heterocycles. The van der Waals surface area contributed by atoms with Crippen molar-refractivity contribution in [3.63, 3.8) is 0 Å². The second kappa shape index (κ2) is 11.5. The SMILES string of the molecule is CCOc1ccc(S(=O)(=O)NC(Cc2ccccc2)C(=O)Nc2ccc3sc(C(=O)OC)cc3c2)cc1. The molecule has 192 valence electrons. The third-order valence-corrected chi connectivity index (χ3v) is 8.10. The van der Waals surface area contributed by atoms with Crippen molar-refractivity contribution in [3.05, 3.63) is 89.3 Å². The number of thiophene rings is 1. The molecule has 8 nitrogen and oxygen atoms in total. The van der Waals surface area contributed by atoms with Crippen LogP contribution in [0.5, 0.6) is 5.75 Å². The molecule has 0 aliphatic heterocycles. The van der Waals surface area contributed by atoms with Crippen molar-refractivity contribution in [1.82, 2.24) is 4.72 Å². The van der Waals surface area contributed by atoms with Gasteiger partial charge in [-0.05, 0) is 72.8 Å². The van der Waals surface area contributed by atoms with Crippen molar-refractivity contribution in [3.8, 4) is 5.75 Å². The van der Waals surface area contributed by atoms with Crippen LogP contribution in [0.3, 0.4) is 0 Å². The van der Waals surface area contributed by atoms with E-state index in [1.54, 1.807) is 36.4 Å². The molecule has 1 heterocycles. The highest BCUT2D eigenvalue weighted by Crippen LogP contribution is 2.29. The molecule has 0 saturated carbocycles. The number of ether oxygens (including phenoxy) is 2. The van der Waals surface area contributed by atoms with E-state index in [4.69, 9.17) is 9.47 Å². The fourth-order valence-electron chi connectivity index (χ4n) is 3.73. The highest BCUT2D eigenvalue weighted by atomic mass is 32.2. The summed E-state index contributed by atoms with van der Waals surface area (Å²) in [4.78, 5) is 25.7. The van der Waals surface area contributed by atoms with Gasteiger partial charge in [0.25, 0.3) is 0 Å². The van der Waals surface area contributed by atoms with Gasteiger partial charge in [-0.25, -0.2) is 13.2 Å². The molecule has 1 unspecified atom stereocenters. The molecular formula is C27H26N2O6S2. The minimum absolute atomic E-state index is 0.0249. The van der Waals surface area contributed by atoms with Crippen molar-refractivity contribution < 1.29 is 27.5 Å². The molecule has 0 spiro atoms. The number of rotatable bonds is 10. The van der Waals surface area contributed by atoms with Gasteiger partial charge >= 0.3 is 5.97 Å². The number of nitrogens with one attached hydrogen (secondary N) is 2. The topological polar surface area (TPSA) is 111 Å². The van der Waals surface area contributed by atoms with Crippen LogP contribution in [-0.4, -0.2) is 40.1 Å². The number of carbonyl (C=O) groups excluding carboxylic acids is 2. The molecule has 0 saturated heterocycles. The molecule has 0 aliphatic carbocycles. The normalized spacial score (nSPS) is 12.2. The second-order valence-electron chi connectivity index (χ2n) is 8.11. The van der Waals surface area contributed by atoms with E-state index in [1.807, 2.05) is 37.3 Å². The first-order valence-electron chi connectivity index (χ1n) is 11.5. The molecular weight excluding hydrogens is 512 g/mol. The van der Waals surface area contributed by atoms with Gasteiger partial charge in [0, 0.05) is 10.4 Å². The summed E-state index contributed by atoms with van der Waals surface area (Å²) in [7, 11) is -2.69. The number of hydrogen-bond donors (Lipinski definition) is 2. The van der Waals surface area contributed by atoms with Crippen LogP contribution in [0, 0.1) is 0 Å². The van der Waals surface area contributed by atoms with E-state index < -0.39 is 27.9 Å². The Bertz CT molecular complexity index is 1500. The van der Waals surface area contributed by atoms with Crippen LogP contribution in [0.15, 0.2) is 83.8 Å². The Balaban J connectivity index is 1.57. The number of carbonyl (C=O) groups is 2. The summed E-state index contributed by atoms with van der Waals surface area (Å²) in [6, 6.07) is 21.0. The molecule has 37 heavy (non-hydrogen) atoms. The van der Waals surface area contributed by atoms with Gasteiger partial charge in [-0.2, -0.15) is 4.72 Å². The summed E-state index contributed by atoms with van der Waals surface area (Å²) in [5.74, 6) is -0.390. The summed E-state index contributed by atoms with van der Waals surface area (Å²) >= 11 is 1.29. The number of fused-ring (bicyclic) bond motifs is 1. The third kappa shape index (κ3) is 6.53. The lowest BCUT2D eigenvalue weighted by Gasteiger charge is -2.19. The van der Waals surface area contributed by atoms with Gasteiger partial charge in [0.1, 0.15) is 16.7 Å². The van der Waals surface area contributed by atoms with E-state index in [9.17, 15) is 18.0 Å². The number of methoxy groups -OCH3 is 1. The summed E-state index contributed by atoms with van der Waals surface area (Å²) in [5, 5.41) is 3.57. The van der Waals surface area contributed by atoms with Crippen molar-refractivity contribution in [1.29, 1.82) is 0 Å². The second-order valence-corrected chi connectivity index (χ2v) is 10.9. The van der Waals surface area contributed by atoms with E-state index >= 15 is 0 Å². The molecule has 4 rings (SSSR count). The monoisotopic (exact) mass is 538 g/mol.